The van der Waals surface area contributed by atoms with E-state index in [4.69, 9.17) is 10.5 Å². The van der Waals surface area contributed by atoms with E-state index in [2.05, 4.69) is 11.1 Å². The van der Waals surface area contributed by atoms with Gasteiger partial charge in [-0.05, 0) is 30.2 Å². The number of hydrogen-bond acceptors (Lipinski definition) is 3. The van der Waals surface area contributed by atoms with Crippen molar-refractivity contribution in [2.75, 3.05) is 6.54 Å². The van der Waals surface area contributed by atoms with E-state index < -0.39 is 0 Å². The van der Waals surface area contributed by atoms with Gasteiger partial charge in [0.25, 0.3) is 0 Å². The van der Waals surface area contributed by atoms with Gasteiger partial charge in [0.05, 0.1) is 5.69 Å². The molecule has 3 rings (SSSR count). The fourth-order valence-corrected chi connectivity index (χ4v) is 2.24. The molecular weight excluding hydrogens is 212 g/mol. The average molecular weight is 226 g/mol. The summed E-state index contributed by atoms with van der Waals surface area (Å²) in [5.41, 5.74) is 8.01. The molecule has 0 fully saturated rings. The molecule has 86 valence electrons. The van der Waals surface area contributed by atoms with E-state index in [1.165, 1.54) is 5.56 Å². The highest BCUT2D eigenvalue weighted by Gasteiger charge is 2.22. The van der Waals surface area contributed by atoms with Gasteiger partial charge in [0.15, 0.2) is 0 Å². The Hall–Kier alpha value is -1.87. The molecule has 0 unspecified atom stereocenters. The molecule has 1 aliphatic rings. The first kappa shape index (κ1) is 10.3. The lowest BCUT2D eigenvalue weighted by molar-refractivity contribution is 0.474. The summed E-state index contributed by atoms with van der Waals surface area (Å²) in [6.07, 6.45) is 2.68. The van der Waals surface area contributed by atoms with Gasteiger partial charge in [-0.2, -0.15) is 0 Å². The molecule has 0 spiro atoms. The molecule has 1 aromatic heterocycles. The van der Waals surface area contributed by atoms with Crippen LogP contribution in [0.15, 0.2) is 42.6 Å². The number of nitrogens with two attached hydrogens (primary N) is 1. The van der Waals surface area contributed by atoms with Crippen LogP contribution in [0.1, 0.15) is 17.2 Å². The van der Waals surface area contributed by atoms with Crippen LogP contribution in [-0.2, 0) is 6.42 Å². The number of nitrogens with zero attached hydrogens (tertiary/aromatic N) is 1. The molecule has 0 bridgehead atoms. The summed E-state index contributed by atoms with van der Waals surface area (Å²) in [5, 5.41) is 0. The van der Waals surface area contributed by atoms with Crippen LogP contribution in [-0.4, -0.2) is 11.5 Å². The van der Waals surface area contributed by atoms with Crippen LogP contribution in [0.2, 0.25) is 0 Å². The minimum absolute atomic E-state index is 0.231. The SMILES string of the molecule is NC[C@H]1Cc2ccccc2Oc2cccnc21. The van der Waals surface area contributed by atoms with Gasteiger partial charge in [0.1, 0.15) is 11.5 Å². The number of hydrogen-bond donors (Lipinski definition) is 1. The van der Waals surface area contributed by atoms with Gasteiger partial charge in [0.2, 0.25) is 0 Å². The first-order valence-electron chi connectivity index (χ1n) is 5.79. The normalized spacial score (nSPS) is 17.6. The van der Waals surface area contributed by atoms with Gasteiger partial charge in [-0.1, -0.05) is 18.2 Å². The van der Waals surface area contributed by atoms with E-state index in [0.29, 0.717) is 6.54 Å². The van der Waals surface area contributed by atoms with Crippen LogP contribution in [0.3, 0.4) is 0 Å². The molecule has 3 heteroatoms. The van der Waals surface area contributed by atoms with Gasteiger partial charge < -0.3 is 10.5 Å². The van der Waals surface area contributed by atoms with E-state index in [0.717, 1.165) is 23.6 Å². The first-order chi connectivity index (χ1) is 8.38. The van der Waals surface area contributed by atoms with Crippen LogP contribution in [0, 0.1) is 0 Å². The second kappa shape index (κ2) is 4.18. The summed E-state index contributed by atoms with van der Waals surface area (Å²) in [4.78, 5) is 4.41. The molecule has 1 aromatic carbocycles. The monoisotopic (exact) mass is 226 g/mol. The molecule has 1 aliphatic heterocycles. The minimum atomic E-state index is 0.231. The van der Waals surface area contributed by atoms with Crippen molar-refractivity contribution in [2.24, 2.45) is 5.73 Å². The highest BCUT2D eigenvalue weighted by molar-refractivity contribution is 5.44. The maximum atomic E-state index is 5.92. The minimum Gasteiger partial charge on any atom is -0.455 e. The molecule has 0 aliphatic carbocycles. The smallest absolute Gasteiger partial charge is 0.149 e. The van der Waals surface area contributed by atoms with Crippen molar-refractivity contribution in [1.29, 1.82) is 0 Å². The molecule has 0 radical (unpaired) electrons. The number of rotatable bonds is 1. The fraction of sp³-hybridized carbons (Fsp3) is 0.214. The lowest BCUT2D eigenvalue weighted by Crippen LogP contribution is -2.15. The number of aromatic nitrogens is 1. The summed E-state index contributed by atoms with van der Waals surface area (Å²) in [6.45, 7) is 0.585. The average Bonchev–Trinajstić information content (AvgIpc) is 2.54. The molecule has 3 nitrogen and oxygen atoms in total. The highest BCUT2D eigenvalue weighted by atomic mass is 16.5. The number of pyridine rings is 1. The lowest BCUT2D eigenvalue weighted by Gasteiger charge is -2.12. The van der Waals surface area contributed by atoms with Crippen LogP contribution in [0.25, 0.3) is 0 Å². The topological polar surface area (TPSA) is 48.1 Å². The Morgan fingerprint density at radius 2 is 2.00 bits per heavy atom. The van der Waals surface area contributed by atoms with Crippen molar-refractivity contribution >= 4 is 0 Å². The largest absolute Gasteiger partial charge is 0.455 e. The second-order valence-electron chi connectivity index (χ2n) is 4.23. The zero-order valence-electron chi connectivity index (χ0n) is 9.47. The molecule has 2 aromatic rings. The van der Waals surface area contributed by atoms with E-state index >= 15 is 0 Å². The molecule has 2 N–H and O–H groups in total. The Kier molecular flexibility index (Phi) is 2.53. The van der Waals surface area contributed by atoms with Gasteiger partial charge in [0, 0.05) is 18.7 Å². The van der Waals surface area contributed by atoms with Crippen molar-refractivity contribution < 1.29 is 4.74 Å². The number of ether oxygens (including phenoxy) is 1. The predicted molar refractivity (Wildman–Crippen MR) is 66.3 cm³/mol. The Bertz CT molecular complexity index is 539. The van der Waals surface area contributed by atoms with Crippen LogP contribution in [0.5, 0.6) is 11.5 Å². The fourth-order valence-electron chi connectivity index (χ4n) is 2.24. The number of benzene rings is 1. The molecule has 1 atom stereocenters. The standard InChI is InChI=1S/C14H14N2O/c15-9-11-8-10-4-1-2-5-12(10)17-13-6-3-7-16-14(11)13/h1-7,11H,8-9,15H2/t11-/m1/s1. The number of para-hydroxylation sites is 1. The van der Waals surface area contributed by atoms with Crippen molar-refractivity contribution in [1.82, 2.24) is 4.98 Å². The first-order valence-corrected chi connectivity index (χ1v) is 5.79. The molecule has 17 heavy (non-hydrogen) atoms. The zero-order valence-corrected chi connectivity index (χ0v) is 9.47. The van der Waals surface area contributed by atoms with Crippen LogP contribution < -0.4 is 10.5 Å². The Balaban J connectivity index is 2.13. The maximum absolute atomic E-state index is 5.92. The molecule has 0 amide bonds. The summed E-state index contributed by atoms with van der Waals surface area (Å²) in [7, 11) is 0. The second-order valence-corrected chi connectivity index (χ2v) is 4.23. The number of fused-ring (bicyclic) bond motifs is 2. The van der Waals surface area contributed by atoms with E-state index in [1.54, 1.807) is 6.20 Å². The van der Waals surface area contributed by atoms with E-state index in [9.17, 15) is 0 Å². The quantitative estimate of drug-likeness (QED) is 0.812. The maximum Gasteiger partial charge on any atom is 0.149 e. The Labute approximate surface area is 100 Å². The van der Waals surface area contributed by atoms with Crippen molar-refractivity contribution in [3.05, 3.63) is 53.9 Å². The van der Waals surface area contributed by atoms with Gasteiger partial charge in [-0.3, -0.25) is 4.98 Å². The summed E-state index contributed by atoms with van der Waals surface area (Å²) in [5.74, 6) is 1.97. The van der Waals surface area contributed by atoms with Gasteiger partial charge >= 0.3 is 0 Å². The van der Waals surface area contributed by atoms with Crippen molar-refractivity contribution in [3.63, 3.8) is 0 Å². The third-order valence-corrected chi connectivity index (χ3v) is 3.13. The summed E-state index contributed by atoms with van der Waals surface area (Å²) in [6, 6.07) is 11.9. The van der Waals surface area contributed by atoms with Crippen molar-refractivity contribution in [3.8, 4) is 11.5 Å². The summed E-state index contributed by atoms with van der Waals surface area (Å²) >= 11 is 0. The third-order valence-electron chi connectivity index (χ3n) is 3.13. The van der Waals surface area contributed by atoms with Crippen LogP contribution >= 0.6 is 0 Å². The molecular formula is C14H14N2O. The molecule has 0 saturated heterocycles. The Morgan fingerprint density at radius 1 is 1.18 bits per heavy atom. The third kappa shape index (κ3) is 1.78. The Morgan fingerprint density at radius 3 is 2.88 bits per heavy atom. The van der Waals surface area contributed by atoms with Crippen molar-refractivity contribution in [2.45, 2.75) is 12.3 Å². The predicted octanol–water partition coefficient (Wildman–Crippen LogP) is 2.47. The molecule has 0 saturated carbocycles. The zero-order chi connectivity index (χ0) is 11.7. The van der Waals surface area contributed by atoms with E-state index in [1.807, 2.05) is 30.3 Å². The van der Waals surface area contributed by atoms with Gasteiger partial charge in [-0.15, -0.1) is 0 Å². The highest BCUT2D eigenvalue weighted by Crippen LogP contribution is 2.37. The van der Waals surface area contributed by atoms with E-state index in [-0.39, 0.29) is 5.92 Å². The molecule has 2 heterocycles. The van der Waals surface area contributed by atoms with Gasteiger partial charge in [-0.25, -0.2) is 0 Å². The summed E-state index contributed by atoms with van der Waals surface area (Å²) < 4.78 is 5.92. The van der Waals surface area contributed by atoms with Crippen LogP contribution in [0.4, 0.5) is 0 Å². The lowest BCUT2D eigenvalue weighted by atomic mass is 9.96.